The Morgan fingerprint density at radius 1 is 1.05 bits per heavy atom. The average molecular weight is 292 g/mol. The van der Waals surface area contributed by atoms with E-state index in [1.165, 1.54) is 6.07 Å². The number of alkyl halides is 3. The SMILES string of the molecule is C=Cc1cc2c(cc1-c1cccc(C(F)(F)F)c1)OCO2. The largest absolute Gasteiger partial charge is 0.454 e. The summed E-state index contributed by atoms with van der Waals surface area (Å²) in [5, 5.41) is 0. The van der Waals surface area contributed by atoms with Gasteiger partial charge < -0.3 is 9.47 Å². The monoisotopic (exact) mass is 292 g/mol. The zero-order valence-corrected chi connectivity index (χ0v) is 10.9. The Hall–Kier alpha value is -2.43. The van der Waals surface area contributed by atoms with Crippen LogP contribution in [0.25, 0.3) is 17.2 Å². The third kappa shape index (κ3) is 2.46. The zero-order valence-electron chi connectivity index (χ0n) is 10.9. The lowest BCUT2D eigenvalue weighted by molar-refractivity contribution is -0.137. The second-order valence-electron chi connectivity index (χ2n) is 4.58. The highest BCUT2D eigenvalue weighted by molar-refractivity contribution is 5.78. The van der Waals surface area contributed by atoms with Gasteiger partial charge in [0.05, 0.1) is 5.56 Å². The van der Waals surface area contributed by atoms with Crippen LogP contribution in [-0.4, -0.2) is 6.79 Å². The van der Waals surface area contributed by atoms with E-state index >= 15 is 0 Å². The molecule has 1 aliphatic heterocycles. The summed E-state index contributed by atoms with van der Waals surface area (Å²) in [6.45, 7) is 3.80. The molecule has 2 aromatic carbocycles. The van der Waals surface area contributed by atoms with Gasteiger partial charge in [-0.3, -0.25) is 0 Å². The van der Waals surface area contributed by atoms with E-state index in [2.05, 4.69) is 6.58 Å². The molecule has 0 fully saturated rings. The summed E-state index contributed by atoms with van der Waals surface area (Å²) < 4.78 is 49.0. The van der Waals surface area contributed by atoms with Gasteiger partial charge in [-0.15, -0.1) is 0 Å². The standard InChI is InChI=1S/C16H11F3O2/c1-2-10-7-14-15(21-9-20-14)8-13(10)11-4-3-5-12(6-11)16(17,18)19/h2-8H,1,9H2. The normalized spacial score (nSPS) is 13.3. The Kier molecular flexibility index (Phi) is 3.12. The highest BCUT2D eigenvalue weighted by atomic mass is 19.4. The minimum atomic E-state index is -4.37. The van der Waals surface area contributed by atoms with Crippen LogP contribution in [0, 0.1) is 0 Å². The predicted octanol–water partition coefficient (Wildman–Crippen LogP) is 4.74. The van der Waals surface area contributed by atoms with Gasteiger partial charge >= 0.3 is 6.18 Å². The fraction of sp³-hybridized carbons (Fsp3) is 0.125. The maximum atomic E-state index is 12.8. The topological polar surface area (TPSA) is 18.5 Å². The predicted molar refractivity (Wildman–Crippen MR) is 73.1 cm³/mol. The molecule has 2 aromatic rings. The van der Waals surface area contributed by atoms with Crippen molar-refractivity contribution in [3.63, 3.8) is 0 Å². The first-order valence-corrected chi connectivity index (χ1v) is 6.23. The number of rotatable bonds is 2. The zero-order chi connectivity index (χ0) is 15.0. The van der Waals surface area contributed by atoms with Crippen molar-refractivity contribution in [1.82, 2.24) is 0 Å². The van der Waals surface area contributed by atoms with E-state index in [0.29, 0.717) is 28.2 Å². The number of hydrogen-bond acceptors (Lipinski definition) is 2. The quantitative estimate of drug-likeness (QED) is 0.795. The first-order valence-electron chi connectivity index (χ1n) is 6.23. The minimum Gasteiger partial charge on any atom is -0.454 e. The fourth-order valence-corrected chi connectivity index (χ4v) is 2.24. The number of fused-ring (bicyclic) bond motifs is 1. The van der Waals surface area contributed by atoms with Crippen molar-refractivity contribution in [3.05, 3.63) is 54.1 Å². The second-order valence-corrected chi connectivity index (χ2v) is 4.58. The molecular formula is C16H11F3O2. The maximum absolute atomic E-state index is 12.8. The first-order chi connectivity index (χ1) is 9.99. The van der Waals surface area contributed by atoms with Crippen LogP contribution in [0.2, 0.25) is 0 Å². The van der Waals surface area contributed by atoms with Gasteiger partial charge in [0.1, 0.15) is 0 Å². The Morgan fingerprint density at radius 3 is 2.43 bits per heavy atom. The molecule has 0 aliphatic carbocycles. The third-order valence-electron chi connectivity index (χ3n) is 3.27. The van der Waals surface area contributed by atoms with Crippen molar-refractivity contribution in [3.8, 4) is 22.6 Å². The summed E-state index contributed by atoms with van der Waals surface area (Å²) in [6, 6.07) is 8.56. The average Bonchev–Trinajstić information content (AvgIpc) is 2.92. The summed E-state index contributed by atoms with van der Waals surface area (Å²) in [4.78, 5) is 0. The van der Waals surface area contributed by atoms with Gasteiger partial charge in [0.15, 0.2) is 11.5 Å². The lowest BCUT2D eigenvalue weighted by Gasteiger charge is -2.11. The molecule has 5 heteroatoms. The van der Waals surface area contributed by atoms with Gasteiger partial charge in [0.25, 0.3) is 0 Å². The fourth-order valence-electron chi connectivity index (χ4n) is 2.24. The van der Waals surface area contributed by atoms with E-state index in [1.807, 2.05) is 0 Å². The summed E-state index contributed by atoms with van der Waals surface area (Å²) in [6.07, 6.45) is -2.79. The van der Waals surface area contributed by atoms with Gasteiger partial charge in [-0.25, -0.2) is 0 Å². The Bertz CT molecular complexity index is 705. The summed E-state index contributed by atoms with van der Waals surface area (Å²) in [7, 11) is 0. The molecule has 0 N–H and O–H groups in total. The number of hydrogen-bond donors (Lipinski definition) is 0. The van der Waals surface area contributed by atoms with E-state index < -0.39 is 11.7 Å². The maximum Gasteiger partial charge on any atom is 0.416 e. The molecule has 1 aliphatic rings. The van der Waals surface area contributed by atoms with Crippen LogP contribution in [0.1, 0.15) is 11.1 Å². The molecule has 0 saturated heterocycles. The first kappa shape index (κ1) is 13.5. The van der Waals surface area contributed by atoms with Crippen LogP contribution < -0.4 is 9.47 Å². The molecule has 0 saturated carbocycles. The molecule has 0 radical (unpaired) electrons. The van der Waals surface area contributed by atoms with Crippen LogP contribution in [0.5, 0.6) is 11.5 Å². The van der Waals surface area contributed by atoms with Gasteiger partial charge in [-0.1, -0.05) is 24.8 Å². The third-order valence-corrected chi connectivity index (χ3v) is 3.27. The van der Waals surface area contributed by atoms with E-state index in [4.69, 9.17) is 9.47 Å². The van der Waals surface area contributed by atoms with Crippen molar-refractivity contribution in [2.75, 3.05) is 6.79 Å². The smallest absolute Gasteiger partial charge is 0.416 e. The van der Waals surface area contributed by atoms with Crippen molar-refractivity contribution in [2.24, 2.45) is 0 Å². The van der Waals surface area contributed by atoms with E-state index in [0.717, 1.165) is 12.1 Å². The molecule has 3 rings (SSSR count). The minimum absolute atomic E-state index is 0.109. The van der Waals surface area contributed by atoms with Crippen molar-refractivity contribution in [1.29, 1.82) is 0 Å². The van der Waals surface area contributed by atoms with E-state index in [-0.39, 0.29) is 6.79 Å². The highest BCUT2D eigenvalue weighted by Crippen LogP contribution is 2.40. The van der Waals surface area contributed by atoms with Crippen molar-refractivity contribution >= 4 is 6.08 Å². The lowest BCUT2D eigenvalue weighted by Crippen LogP contribution is -2.04. The Morgan fingerprint density at radius 2 is 1.76 bits per heavy atom. The van der Waals surface area contributed by atoms with Gasteiger partial charge in [-0.2, -0.15) is 13.2 Å². The molecule has 21 heavy (non-hydrogen) atoms. The molecule has 108 valence electrons. The van der Waals surface area contributed by atoms with Crippen molar-refractivity contribution in [2.45, 2.75) is 6.18 Å². The number of ether oxygens (including phenoxy) is 2. The molecular weight excluding hydrogens is 281 g/mol. The molecule has 1 heterocycles. The molecule has 0 aromatic heterocycles. The molecule has 0 unspecified atom stereocenters. The molecule has 2 nitrogen and oxygen atoms in total. The van der Waals surface area contributed by atoms with Gasteiger partial charge in [0, 0.05) is 0 Å². The van der Waals surface area contributed by atoms with Crippen LogP contribution in [0.4, 0.5) is 13.2 Å². The van der Waals surface area contributed by atoms with Gasteiger partial charge in [-0.05, 0) is 41.0 Å². The number of halogens is 3. The van der Waals surface area contributed by atoms with Gasteiger partial charge in [0.2, 0.25) is 6.79 Å². The summed E-state index contributed by atoms with van der Waals surface area (Å²) in [5.74, 6) is 1.09. The second kappa shape index (κ2) is 4.84. The lowest BCUT2D eigenvalue weighted by atomic mass is 9.97. The summed E-state index contributed by atoms with van der Waals surface area (Å²) >= 11 is 0. The molecule has 0 atom stereocenters. The number of benzene rings is 2. The van der Waals surface area contributed by atoms with Crippen LogP contribution in [0.3, 0.4) is 0 Å². The highest BCUT2D eigenvalue weighted by Gasteiger charge is 2.30. The van der Waals surface area contributed by atoms with Crippen LogP contribution in [0.15, 0.2) is 43.0 Å². The Labute approximate surface area is 119 Å². The van der Waals surface area contributed by atoms with Crippen LogP contribution in [-0.2, 0) is 6.18 Å². The molecule has 0 bridgehead atoms. The van der Waals surface area contributed by atoms with Crippen LogP contribution >= 0.6 is 0 Å². The Balaban J connectivity index is 2.14. The van der Waals surface area contributed by atoms with E-state index in [9.17, 15) is 13.2 Å². The van der Waals surface area contributed by atoms with Crippen molar-refractivity contribution < 1.29 is 22.6 Å². The molecule has 0 spiro atoms. The van der Waals surface area contributed by atoms with E-state index in [1.54, 1.807) is 24.3 Å². The summed E-state index contributed by atoms with van der Waals surface area (Å²) in [5.41, 5.74) is 1.09. The molecule has 0 amide bonds.